The van der Waals surface area contributed by atoms with Crippen LogP contribution < -0.4 is 5.32 Å². The van der Waals surface area contributed by atoms with Crippen LogP contribution in [0.5, 0.6) is 0 Å². The third-order valence-electron chi connectivity index (χ3n) is 4.60. The van der Waals surface area contributed by atoms with E-state index in [2.05, 4.69) is 10.2 Å². The van der Waals surface area contributed by atoms with Gasteiger partial charge in [-0.2, -0.15) is 0 Å². The molecule has 1 N–H and O–H groups in total. The number of carbonyl (C=O) groups is 3. The Morgan fingerprint density at radius 1 is 1.27 bits per heavy atom. The lowest BCUT2D eigenvalue weighted by Crippen LogP contribution is -2.46. The minimum absolute atomic E-state index is 0.00812. The first-order valence-electron chi connectivity index (χ1n) is 8.66. The lowest BCUT2D eigenvalue weighted by atomic mass is 10.1. The number of rotatable bonds is 6. The van der Waals surface area contributed by atoms with Crippen LogP contribution in [0.3, 0.4) is 0 Å². The van der Waals surface area contributed by atoms with Gasteiger partial charge in [-0.25, -0.2) is 4.79 Å². The average Bonchev–Trinajstić information content (AvgIpc) is 3.15. The van der Waals surface area contributed by atoms with Gasteiger partial charge in [0.25, 0.3) is 5.91 Å². The number of likely N-dealkylation sites (N-methyl/N-ethyl adjacent to an activating group) is 1. The molecule has 3 rings (SSSR count). The lowest BCUT2D eigenvalue weighted by molar-refractivity contribution is -0.130. The van der Waals surface area contributed by atoms with E-state index in [1.165, 1.54) is 11.9 Å². The smallest absolute Gasteiger partial charge is 0.327 e. The predicted molar refractivity (Wildman–Crippen MR) is 91.3 cm³/mol. The highest BCUT2D eigenvalue weighted by atomic mass is 16.5. The standard InChI is InChI=1S/C17H24N4O5/c1-12-3-4-14(26-12)13(20-5-7-25-8-6-20)9-18-15(22)10-21-16(23)11-19(2)17(21)24/h3-4,13H,5-11H2,1-2H3,(H,18,22)/t13-/m0/s1. The second-order valence-corrected chi connectivity index (χ2v) is 6.54. The monoisotopic (exact) mass is 364 g/mol. The van der Waals surface area contributed by atoms with Crippen LogP contribution in [-0.2, 0) is 14.3 Å². The molecule has 9 heteroatoms. The van der Waals surface area contributed by atoms with Crippen LogP contribution in [0.2, 0.25) is 0 Å². The lowest BCUT2D eigenvalue weighted by Gasteiger charge is -2.33. The molecule has 1 atom stereocenters. The van der Waals surface area contributed by atoms with E-state index >= 15 is 0 Å². The average molecular weight is 364 g/mol. The molecule has 0 bridgehead atoms. The van der Waals surface area contributed by atoms with E-state index in [-0.39, 0.29) is 30.9 Å². The number of urea groups is 1. The maximum Gasteiger partial charge on any atom is 0.327 e. The van der Waals surface area contributed by atoms with Crippen LogP contribution in [0.25, 0.3) is 0 Å². The molecule has 2 aliphatic heterocycles. The number of morpholine rings is 1. The van der Waals surface area contributed by atoms with Crippen LogP contribution in [0, 0.1) is 6.92 Å². The summed E-state index contributed by atoms with van der Waals surface area (Å²) in [5.41, 5.74) is 0. The number of nitrogens with one attached hydrogen (secondary N) is 1. The molecule has 3 heterocycles. The summed E-state index contributed by atoms with van der Waals surface area (Å²) in [6.45, 7) is 4.70. The van der Waals surface area contributed by atoms with Crippen LogP contribution in [0.15, 0.2) is 16.5 Å². The molecule has 2 saturated heterocycles. The highest BCUT2D eigenvalue weighted by Crippen LogP contribution is 2.23. The summed E-state index contributed by atoms with van der Waals surface area (Å²) >= 11 is 0. The van der Waals surface area contributed by atoms with Crippen molar-refractivity contribution in [3.63, 3.8) is 0 Å². The topological polar surface area (TPSA) is 95.3 Å². The fourth-order valence-corrected chi connectivity index (χ4v) is 3.17. The number of nitrogens with zero attached hydrogens (tertiary/aromatic N) is 3. The van der Waals surface area contributed by atoms with Gasteiger partial charge in [0, 0.05) is 26.7 Å². The maximum atomic E-state index is 12.3. The third kappa shape index (κ3) is 4.05. The minimum atomic E-state index is -0.448. The van der Waals surface area contributed by atoms with Gasteiger partial charge in [-0.05, 0) is 19.1 Å². The van der Waals surface area contributed by atoms with Gasteiger partial charge >= 0.3 is 6.03 Å². The second kappa shape index (κ2) is 7.88. The number of imide groups is 1. The number of hydrogen-bond donors (Lipinski definition) is 1. The van der Waals surface area contributed by atoms with Crippen molar-refractivity contribution in [2.75, 3.05) is 53.0 Å². The first-order valence-corrected chi connectivity index (χ1v) is 8.66. The Labute approximate surface area is 151 Å². The van der Waals surface area contributed by atoms with Crippen LogP contribution in [-0.4, -0.2) is 85.5 Å². The first kappa shape index (κ1) is 18.4. The van der Waals surface area contributed by atoms with E-state index in [1.54, 1.807) is 0 Å². The summed E-state index contributed by atoms with van der Waals surface area (Å²) in [5, 5.41) is 2.82. The van der Waals surface area contributed by atoms with E-state index in [0.29, 0.717) is 19.8 Å². The quantitative estimate of drug-likeness (QED) is 0.713. The number of aryl methyl sites for hydroxylation is 1. The minimum Gasteiger partial charge on any atom is -0.465 e. The molecule has 0 spiro atoms. The Hall–Kier alpha value is -2.39. The van der Waals surface area contributed by atoms with E-state index in [1.807, 2.05) is 19.1 Å². The Bertz CT molecular complexity index is 682. The van der Waals surface area contributed by atoms with Crippen molar-refractivity contribution in [1.82, 2.24) is 20.0 Å². The summed E-state index contributed by atoms with van der Waals surface area (Å²) in [6.07, 6.45) is 0. The summed E-state index contributed by atoms with van der Waals surface area (Å²) in [4.78, 5) is 40.4. The van der Waals surface area contributed by atoms with E-state index in [9.17, 15) is 14.4 Å². The Kier molecular flexibility index (Phi) is 5.58. The molecule has 1 aromatic heterocycles. The fraction of sp³-hybridized carbons (Fsp3) is 0.588. The molecule has 4 amide bonds. The summed E-state index contributed by atoms with van der Waals surface area (Å²) in [7, 11) is 1.53. The van der Waals surface area contributed by atoms with Gasteiger partial charge in [-0.15, -0.1) is 0 Å². The highest BCUT2D eigenvalue weighted by Gasteiger charge is 2.35. The molecule has 2 fully saturated rings. The summed E-state index contributed by atoms with van der Waals surface area (Å²) < 4.78 is 11.1. The second-order valence-electron chi connectivity index (χ2n) is 6.54. The molecule has 2 aliphatic rings. The Morgan fingerprint density at radius 3 is 2.58 bits per heavy atom. The Balaban J connectivity index is 1.61. The van der Waals surface area contributed by atoms with Gasteiger partial charge in [-0.1, -0.05) is 0 Å². The molecule has 0 unspecified atom stereocenters. The van der Waals surface area contributed by atoms with Crippen molar-refractivity contribution >= 4 is 17.8 Å². The molecule has 1 aromatic rings. The van der Waals surface area contributed by atoms with Gasteiger partial charge in [-0.3, -0.25) is 19.4 Å². The largest absolute Gasteiger partial charge is 0.465 e. The third-order valence-corrected chi connectivity index (χ3v) is 4.60. The maximum absolute atomic E-state index is 12.3. The van der Waals surface area contributed by atoms with E-state index < -0.39 is 6.03 Å². The molecule has 9 nitrogen and oxygen atoms in total. The number of carbonyl (C=O) groups excluding carboxylic acids is 3. The molecule has 26 heavy (non-hydrogen) atoms. The van der Waals surface area contributed by atoms with Crippen molar-refractivity contribution < 1.29 is 23.5 Å². The summed E-state index contributed by atoms with van der Waals surface area (Å²) in [6, 6.07) is 3.23. The van der Waals surface area contributed by atoms with Crippen molar-refractivity contribution in [1.29, 1.82) is 0 Å². The zero-order valence-corrected chi connectivity index (χ0v) is 15.1. The fourth-order valence-electron chi connectivity index (χ4n) is 3.17. The number of furan rings is 1. The van der Waals surface area contributed by atoms with Crippen LogP contribution in [0.1, 0.15) is 17.6 Å². The molecular formula is C17H24N4O5. The van der Waals surface area contributed by atoms with E-state index in [0.717, 1.165) is 29.5 Å². The molecule has 0 aliphatic carbocycles. The normalized spacial score (nSPS) is 19.9. The van der Waals surface area contributed by atoms with Gasteiger partial charge < -0.3 is 19.4 Å². The molecule has 0 saturated carbocycles. The van der Waals surface area contributed by atoms with Gasteiger partial charge in [0.1, 0.15) is 24.6 Å². The predicted octanol–water partition coefficient (Wildman–Crippen LogP) is -0.0285. The SMILES string of the molecule is Cc1ccc([C@H](CNC(=O)CN2C(=O)CN(C)C2=O)N2CCOCC2)o1. The molecular weight excluding hydrogens is 340 g/mol. The van der Waals surface area contributed by atoms with Gasteiger partial charge in [0.2, 0.25) is 5.91 Å². The highest BCUT2D eigenvalue weighted by molar-refractivity contribution is 6.04. The van der Waals surface area contributed by atoms with Crippen molar-refractivity contribution in [3.8, 4) is 0 Å². The van der Waals surface area contributed by atoms with Crippen molar-refractivity contribution in [2.24, 2.45) is 0 Å². The molecule has 0 aromatic carbocycles. The Morgan fingerprint density at radius 2 is 2.00 bits per heavy atom. The van der Waals surface area contributed by atoms with Crippen molar-refractivity contribution in [3.05, 3.63) is 23.7 Å². The van der Waals surface area contributed by atoms with Crippen LogP contribution in [0.4, 0.5) is 4.79 Å². The van der Waals surface area contributed by atoms with Gasteiger partial charge in [0.05, 0.1) is 19.3 Å². The molecule has 0 radical (unpaired) electrons. The first-order chi connectivity index (χ1) is 12.5. The summed E-state index contributed by atoms with van der Waals surface area (Å²) in [5.74, 6) is 0.848. The van der Waals surface area contributed by atoms with Crippen LogP contribution >= 0.6 is 0 Å². The van der Waals surface area contributed by atoms with E-state index in [4.69, 9.17) is 9.15 Å². The van der Waals surface area contributed by atoms with Gasteiger partial charge in [0.15, 0.2) is 0 Å². The zero-order chi connectivity index (χ0) is 18.7. The molecule has 142 valence electrons. The number of ether oxygens (including phenoxy) is 1. The number of hydrogen-bond acceptors (Lipinski definition) is 6. The number of amides is 4. The zero-order valence-electron chi connectivity index (χ0n) is 15.1. The van der Waals surface area contributed by atoms with Crippen molar-refractivity contribution in [2.45, 2.75) is 13.0 Å².